The molecule has 0 unspecified atom stereocenters. The predicted octanol–water partition coefficient (Wildman–Crippen LogP) is 4.03. The van der Waals surface area contributed by atoms with Gasteiger partial charge < -0.3 is 10.1 Å². The number of rotatable bonds is 3. The first-order chi connectivity index (χ1) is 10.0. The molecule has 2 aromatic rings. The summed E-state index contributed by atoms with van der Waals surface area (Å²) < 4.78 is 4.67. The van der Waals surface area contributed by atoms with Gasteiger partial charge in [0, 0.05) is 0 Å². The second-order valence-electron chi connectivity index (χ2n) is 4.09. The summed E-state index contributed by atoms with van der Waals surface area (Å²) in [6.07, 6.45) is 0. The molecule has 1 N–H and O–H groups in total. The minimum Gasteiger partial charge on any atom is -0.465 e. The molecule has 0 aliphatic rings. The second-order valence-corrected chi connectivity index (χ2v) is 4.90. The molecule has 0 fully saturated rings. The highest BCUT2D eigenvalue weighted by Crippen LogP contribution is 2.26. The van der Waals surface area contributed by atoms with Gasteiger partial charge in [-0.3, -0.25) is 4.79 Å². The fraction of sp³-hybridized carbons (Fsp3) is 0.0667. The minimum absolute atomic E-state index is 0.153. The van der Waals surface area contributed by atoms with Crippen LogP contribution in [0.5, 0.6) is 0 Å². The Morgan fingerprint density at radius 3 is 2.24 bits per heavy atom. The molecular weight excluding hydrogens is 313 g/mol. The number of halogens is 2. The number of carbonyl (C=O) groups is 2. The summed E-state index contributed by atoms with van der Waals surface area (Å²) in [6, 6.07) is 11.3. The van der Waals surface area contributed by atoms with Crippen LogP contribution in [0.2, 0.25) is 10.0 Å². The van der Waals surface area contributed by atoms with E-state index in [0.29, 0.717) is 5.69 Å². The number of hydrogen-bond acceptors (Lipinski definition) is 3. The maximum absolute atomic E-state index is 12.3. The van der Waals surface area contributed by atoms with Gasteiger partial charge in [0.15, 0.2) is 0 Å². The van der Waals surface area contributed by atoms with Crippen LogP contribution < -0.4 is 5.32 Å². The molecule has 6 heteroatoms. The van der Waals surface area contributed by atoms with Crippen molar-refractivity contribution in [3.63, 3.8) is 0 Å². The highest BCUT2D eigenvalue weighted by atomic mass is 35.5. The fourth-order valence-electron chi connectivity index (χ4n) is 1.78. The maximum atomic E-state index is 12.3. The van der Waals surface area contributed by atoms with Crippen molar-refractivity contribution in [3.05, 3.63) is 63.6 Å². The zero-order chi connectivity index (χ0) is 15.4. The molecular formula is C15H11Cl2NO3. The Labute approximate surface area is 131 Å². The highest BCUT2D eigenvalue weighted by Gasteiger charge is 2.18. The number of nitrogens with one attached hydrogen (secondary N) is 1. The SMILES string of the molecule is COC(=O)c1ccccc1NC(=O)c1c(Cl)cccc1Cl. The van der Waals surface area contributed by atoms with Gasteiger partial charge in [-0.2, -0.15) is 0 Å². The van der Waals surface area contributed by atoms with Crippen molar-refractivity contribution >= 4 is 40.8 Å². The molecule has 2 aromatic carbocycles. The Hall–Kier alpha value is -2.04. The quantitative estimate of drug-likeness (QED) is 0.867. The summed E-state index contributed by atoms with van der Waals surface area (Å²) in [5.74, 6) is -1.04. The lowest BCUT2D eigenvalue weighted by Crippen LogP contribution is -2.16. The first-order valence-electron chi connectivity index (χ1n) is 5.97. The molecule has 0 radical (unpaired) electrons. The minimum atomic E-state index is -0.545. The van der Waals surface area contributed by atoms with Crippen molar-refractivity contribution < 1.29 is 14.3 Å². The topological polar surface area (TPSA) is 55.4 Å². The summed E-state index contributed by atoms with van der Waals surface area (Å²) in [5.41, 5.74) is 0.724. The van der Waals surface area contributed by atoms with E-state index in [-0.39, 0.29) is 21.2 Å². The van der Waals surface area contributed by atoms with Crippen molar-refractivity contribution in [2.24, 2.45) is 0 Å². The zero-order valence-corrected chi connectivity index (χ0v) is 12.5. The lowest BCUT2D eigenvalue weighted by molar-refractivity contribution is 0.0602. The van der Waals surface area contributed by atoms with Gasteiger partial charge in [-0.05, 0) is 24.3 Å². The van der Waals surface area contributed by atoms with Crippen molar-refractivity contribution in [1.82, 2.24) is 0 Å². The van der Waals surface area contributed by atoms with Crippen LogP contribution in [0.4, 0.5) is 5.69 Å². The summed E-state index contributed by atoms with van der Waals surface area (Å²) in [4.78, 5) is 23.9. The molecule has 4 nitrogen and oxygen atoms in total. The fourth-order valence-corrected chi connectivity index (χ4v) is 2.35. The molecule has 108 valence electrons. The van der Waals surface area contributed by atoms with Gasteiger partial charge >= 0.3 is 5.97 Å². The predicted molar refractivity (Wildman–Crippen MR) is 82.2 cm³/mol. The van der Waals surface area contributed by atoms with Crippen LogP contribution in [-0.4, -0.2) is 19.0 Å². The number of para-hydroxylation sites is 1. The summed E-state index contributed by atoms with van der Waals surface area (Å²) >= 11 is 12.0. The van der Waals surface area contributed by atoms with E-state index < -0.39 is 11.9 Å². The number of methoxy groups -OCH3 is 1. The summed E-state index contributed by atoms with van der Waals surface area (Å²) in [6.45, 7) is 0. The molecule has 21 heavy (non-hydrogen) atoms. The Bertz CT molecular complexity index is 681. The van der Waals surface area contributed by atoms with E-state index in [1.165, 1.54) is 7.11 Å². The molecule has 0 saturated carbocycles. The number of hydrogen-bond donors (Lipinski definition) is 1. The summed E-state index contributed by atoms with van der Waals surface area (Å²) in [7, 11) is 1.27. The van der Waals surface area contributed by atoms with Gasteiger partial charge in [0.1, 0.15) is 0 Å². The molecule has 0 aliphatic heterocycles. The lowest BCUT2D eigenvalue weighted by Gasteiger charge is -2.11. The van der Waals surface area contributed by atoms with Crippen LogP contribution in [0.1, 0.15) is 20.7 Å². The second kappa shape index (κ2) is 6.61. The van der Waals surface area contributed by atoms with E-state index in [0.717, 1.165) is 0 Å². The largest absolute Gasteiger partial charge is 0.465 e. The average molecular weight is 324 g/mol. The number of amides is 1. The Morgan fingerprint density at radius 1 is 1.00 bits per heavy atom. The molecule has 0 saturated heterocycles. The molecule has 0 atom stereocenters. The lowest BCUT2D eigenvalue weighted by atomic mass is 10.1. The smallest absolute Gasteiger partial charge is 0.339 e. The number of esters is 1. The number of carbonyl (C=O) groups excluding carboxylic acids is 2. The molecule has 1 amide bonds. The van der Waals surface area contributed by atoms with Gasteiger partial charge in [0.05, 0.1) is 34.0 Å². The van der Waals surface area contributed by atoms with Gasteiger partial charge in [-0.15, -0.1) is 0 Å². The average Bonchev–Trinajstić information content (AvgIpc) is 2.47. The van der Waals surface area contributed by atoms with Gasteiger partial charge in [0.25, 0.3) is 5.91 Å². The number of ether oxygens (including phenoxy) is 1. The standard InChI is InChI=1S/C15H11Cl2NO3/c1-21-15(20)9-5-2-3-8-12(9)18-14(19)13-10(16)6-4-7-11(13)17/h2-8H,1H3,(H,18,19). The van der Waals surface area contributed by atoms with Crippen LogP contribution in [0, 0.1) is 0 Å². The van der Waals surface area contributed by atoms with Crippen LogP contribution in [0.25, 0.3) is 0 Å². The van der Waals surface area contributed by atoms with Crippen molar-refractivity contribution in [1.29, 1.82) is 0 Å². The van der Waals surface area contributed by atoms with E-state index in [2.05, 4.69) is 10.1 Å². The Balaban J connectivity index is 2.35. The van der Waals surface area contributed by atoms with Gasteiger partial charge in [0.2, 0.25) is 0 Å². The molecule has 0 aromatic heterocycles. The van der Waals surface area contributed by atoms with Crippen LogP contribution in [-0.2, 0) is 4.74 Å². The normalized spacial score (nSPS) is 10.0. The first kappa shape index (κ1) is 15.4. The van der Waals surface area contributed by atoms with Crippen molar-refractivity contribution in [2.45, 2.75) is 0 Å². The van der Waals surface area contributed by atoms with Gasteiger partial charge in [-0.1, -0.05) is 41.4 Å². The van der Waals surface area contributed by atoms with E-state index in [4.69, 9.17) is 23.2 Å². The van der Waals surface area contributed by atoms with E-state index in [1.807, 2.05) is 0 Å². The molecule has 2 rings (SSSR count). The van der Waals surface area contributed by atoms with Crippen LogP contribution in [0.15, 0.2) is 42.5 Å². The zero-order valence-electron chi connectivity index (χ0n) is 11.0. The third-order valence-electron chi connectivity index (χ3n) is 2.77. The van der Waals surface area contributed by atoms with E-state index in [9.17, 15) is 9.59 Å². The molecule has 0 heterocycles. The van der Waals surface area contributed by atoms with E-state index >= 15 is 0 Å². The van der Waals surface area contributed by atoms with Crippen LogP contribution in [0.3, 0.4) is 0 Å². The summed E-state index contributed by atoms with van der Waals surface area (Å²) in [5, 5.41) is 3.08. The van der Waals surface area contributed by atoms with Crippen molar-refractivity contribution in [3.8, 4) is 0 Å². The maximum Gasteiger partial charge on any atom is 0.339 e. The van der Waals surface area contributed by atoms with E-state index in [1.54, 1.807) is 42.5 Å². The number of benzene rings is 2. The third kappa shape index (κ3) is 3.35. The highest BCUT2D eigenvalue weighted by molar-refractivity contribution is 6.40. The third-order valence-corrected chi connectivity index (χ3v) is 3.40. The molecule has 0 aliphatic carbocycles. The van der Waals surface area contributed by atoms with Gasteiger partial charge in [-0.25, -0.2) is 4.79 Å². The Kier molecular flexibility index (Phi) is 4.83. The molecule has 0 bridgehead atoms. The number of anilines is 1. The molecule has 0 spiro atoms. The van der Waals surface area contributed by atoms with Crippen molar-refractivity contribution in [2.75, 3.05) is 12.4 Å². The first-order valence-corrected chi connectivity index (χ1v) is 6.73. The monoisotopic (exact) mass is 323 g/mol. The van der Waals surface area contributed by atoms with Crippen LogP contribution >= 0.6 is 23.2 Å². The Morgan fingerprint density at radius 2 is 1.62 bits per heavy atom.